The van der Waals surface area contributed by atoms with Gasteiger partial charge in [-0.25, -0.2) is 4.79 Å². The molecule has 86 valence electrons. The molecule has 0 rings (SSSR count). The van der Waals surface area contributed by atoms with Crippen molar-refractivity contribution in [1.82, 2.24) is 0 Å². The van der Waals surface area contributed by atoms with Gasteiger partial charge in [0.15, 0.2) is 0 Å². The van der Waals surface area contributed by atoms with Crippen LogP contribution in [0.1, 0.15) is 26.7 Å². The molecule has 0 aliphatic rings. The van der Waals surface area contributed by atoms with Crippen LogP contribution < -0.4 is 0 Å². The summed E-state index contributed by atoms with van der Waals surface area (Å²) in [6.45, 7) is 2.87. The molecule has 3 N–H and O–H groups in total. The molecule has 0 aromatic rings. The lowest BCUT2D eigenvalue weighted by Gasteiger charge is -2.13. The Labute approximate surface area is 88.0 Å². The summed E-state index contributed by atoms with van der Waals surface area (Å²) in [6.07, 6.45) is 1.13. The number of carboxylic acid groups (broad SMARTS) is 2. The van der Waals surface area contributed by atoms with Crippen LogP contribution in [0.15, 0.2) is 11.6 Å². The number of aliphatic hydroxyl groups excluding tert-OH is 1. The van der Waals surface area contributed by atoms with Crippen LogP contribution in [0.4, 0.5) is 0 Å². The molecule has 0 radical (unpaired) electrons. The van der Waals surface area contributed by atoms with Gasteiger partial charge in [0.25, 0.3) is 0 Å². The van der Waals surface area contributed by atoms with E-state index in [2.05, 4.69) is 0 Å². The summed E-state index contributed by atoms with van der Waals surface area (Å²) in [6, 6.07) is 0. The van der Waals surface area contributed by atoms with Crippen LogP contribution in [0.3, 0.4) is 0 Å². The molecule has 0 aliphatic carbocycles. The number of aliphatic hydroxyl groups is 1. The summed E-state index contributed by atoms with van der Waals surface area (Å²) in [5.41, 5.74) is 0.199. The molecular formula is C10H16O5. The van der Waals surface area contributed by atoms with Gasteiger partial charge in [0.05, 0.1) is 12.0 Å². The zero-order valence-electron chi connectivity index (χ0n) is 8.80. The average molecular weight is 216 g/mol. The van der Waals surface area contributed by atoms with Crippen molar-refractivity contribution in [2.24, 2.45) is 5.92 Å². The van der Waals surface area contributed by atoms with Gasteiger partial charge >= 0.3 is 11.9 Å². The van der Waals surface area contributed by atoms with Crippen molar-refractivity contribution in [3.05, 3.63) is 11.6 Å². The van der Waals surface area contributed by atoms with E-state index in [9.17, 15) is 14.7 Å². The standard InChI is InChI=1S/C10H16O5/c1-6(9(12)13)4-3-5-8(11)7(2)10(14)15/h4,7-8,11H,3,5H2,1-2H3,(H,12,13)(H,14,15)/b6-4+. The number of carbonyl (C=O) groups is 2. The lowest BCUT2D eigenvalue weighted by atomic mass is 10.00. The lowest BCUT2D eigenvalue weighted by molar-refractivity contribution is -0.145. The Balaban J connectivity index is 4.02. The van der Waals surface area contributed by atoms with Gasteiger partial charge < -0.3 is 15.3 Å². The van der Waals surface area contributed by atoms with Crippen LogP contribution in [0.5, 0.6) is 0 Å². The van der Waals surface area contributed by atoms with Gasteiger partial charge in [0.1, 0.15) is 0 Å². The van der Waals surface area contributed by atoms with Gasteiger partial charge in [0, 0.05) is 5.57 Å². The van der Waals surface area contributed by atoms with E-state index in [4.69, 9.17) is 10.2 Å². The number of carboxylic acids is 2. The van der Waals surface area contributed by atoms with Crippen LogP contribution >= 0.6 is 0 Å². The van der Waals surface area contributed by atoms with Crippen molar-refractivity contribution in [3.8, 4) is 0 Å². The first-order chi connectivity index (χ1) is 6.86. The smallest absolute Gasteiger partial charge is 0.330 e. The Morgan fingerprint density at radius 2 is 1.87 bits per heavy atom. The highest BCUT2D eigenvalue weighted by Crippen LogP contribution is 2.10. The second kappa shape index (κ2) is 6.19. The molecule has 0 aromatic heterocycles. The zero-order valence-corrected chi connectivity index (χ0v) is 8.80. The molecule has 0 saturated carbocycles. The lowest BCUT2D eigenvalue weighted by Crippen LogP contribution is -2.25. The first-order valence-electron chi connectivity index (χ1n) is 4.67. The predicted molar refractivity (Wildman–Crippen MR) is 53.4 cm³/mol. The molecule has 0 saturated heterocycles. The summed E-state index contributed by atoms with van der Waals surface area (Å²) in [5, 5.41) is 26.5. The van der Waals surface area contributed by atoms with Crippen molar-refractivity contribution in [2.45, 2.75) is 32.8 Å². The van der Waals surface area contributed by atoms with E-state index in [0.29, 0.717) is 6.42 Å². The molecule has 0 heterocycles. The maximum absolute atomic E-state index is 10.5. The molecule has 5 nitrogen and oxygen atoms in total. The molecule has 0 fully saturated rings. The largest absolute Gasteiger partial charge is 0.481 e. The molecule has 5 heteroatoms. The van der Waals surface area contributed by atoms with Crippen LogP contribution in [0.25, 0.3) is 0 Å². The summed E-state index contributed by atoms with van der Waals surface area (Å²) in [5.74, 6) is -2.89. The zero-order chi connectivity index (χ0) is 12.0. The Morgan fingerprint density at radius 3 is 2.27 bits per heavy atom. The van der Waals surface area contributed by atoms with Crippen molar-refractivity contribution >= 4 is 11.9 Å². The minimum absolute atomic E-state index is 0.199. The van der Waals surface area contributed by atoms with E-state index in [1.54, 1.807) is 0 Å². The topological polar surface area (TPSA) is 94.8 Å². The SMILES string of the molecule is C/C(=C\CCC(O)C(C)C(=O)O)C(=O)O. The quantitative estimate of drug-likeness (QED) is 0.573. The fourth-order valence-corrected chi connectivity index (χ4v) is 0.972. The summed E-state index contributed by atoms with van der Waals surface area (Å²) in [7, 11) is 0. The van der Waals surface area contributed by atoms with E-state index in [0.717, 1.165) is 0 Å². The number of allylic oxidation sites excluding steroid dienone is 1. The van der Waals surface area contributed by atoms with Crippen LogP contribution in [-0.4, -0.2) is 33.4 Å². The van der Waals surface area contributed by atoms with E-state index < -0.39 is 24.0 Å². The van der Waals surface area contributed by atoms with Crippen LogP contribution in [0.2, 0.25) is 0 Å². The minimum Gasteiger partial charge on any atom is -0.481 e. The second-order valence-electron chi connectivity index (χ2n) is 3.46. The Hall–Kier alpha value is -1.36. The number of aliphatic carboxylic acids is 2. The van der Waals surface area contributed by atoms with E-state index >= 15 is 0 Å². The highest BCUT2D eigenvalue weighted by molar-refractivity contribution is 5.85. The molecule has 0 spiro atoms. The molecule has 15 heavy (non-hydrogen) atoms. The van der Waals surface area contributed by atoms with E-state index in [-0.39, 0.29) is 12.0 Å². The maximum Gasteiger partial charge on any atom is 0.330 e. The van der Waals surface area contributed by atoms with Crippen molar-refractivity contribution in [3.63, 3.8) is 0 Å². The first kappa shape index (κ1) is 13.6. The van der Waals surface area contributed by atoms with Crippen molar-refractivity contribution in [1.29, 1.82) is 0 Å². The fourth-order valence-electron chi connectivity index (χ4n) is 0.972. The third kappa shape index (κ3) is 5.17. The molecule has 0 bridgehead atoms. The van der Waals surface area contributed by atoms with Crippen molar-refractivity contribution < 1.29 is 24.9 Å². The number of rotatable bonds is 6. The molecule has 0 aliphatic heterocycles. The monoisotopic (exact) mass is 216 g/mol. The average Bonchev–Trinajstić information content (AvgIpc) is 2.15. The molecule has 2 unspecified atom stereocenters. The Kier molecular flexibility index (Phi) is 5.62. The van der Waals surface area contributed by atoms with Crippen LogP contribution in [-0.2, 0) is 9.59 Å². The van der Waals surface area contributed by atoms with Gasteiger partial charge in [0.2, 0.25) is 0 Å². The van der Waals surface area contributed by atoms with Gasteiger partial charge in [-0.2, -0.15) is 0 Å². The first-order valence-corrected chi connectivity index (χ1v) is 4.67. The highest BCUT2D eigenvalue weighted by Gasteiger charge is 2.20. The van der Waals surface area contributed by atoms with Gasteiger partial charge in [-0.3, -0.25) is 4.79 Å². The van der Waals surface area contributed by atoms with Crippen molar-refractivity contribution in [2.75, 3.05) is 0 Å². The maximum atomic E-state index is 10.5. The third-order valence-corrected chi connectivity index (χ3v) is 2.22. The Bertz CT molecular complexity index is 269. The summed E-state index contributed by atoms with van der Waals surface area (Å²) >= 11 is 0. The fraction of sp³-hybridized carbons (Fsp3) is 0.600. The van der Waals surface area contributed by atoms with E-state index in [1.165, 1.54) is 19.9 Å². The summed E-state index contributed by atoms with van der Waals surface area (Å²) < 4.78 is 0. The molecule has 0 aromatic carbocycles. The third-order valence-electron chi connectivity index (χ3n) is 2.22. The van der Waals surface area contributed by atoms with Gasteiger partial charge in [-0.15, -0.1) is 0 Å². The second-order valence-corrected chi connectivity index (χ2v) is 3.46. The number of hydrogen-bond acceptors (Lipinski definition) is 3. The van der Waals surface area contributed by atoms with Gasteiger partial charge in [-0.05, 0) is 26.7 Å². The molecule has 2 atom stereocenters. The Morgan fingerprint density at radius 1 is 1.33 bits per heavy atom. The summed E-state index contributed by atoms with van der Waals surface area (Å²) in [4.78, 5) is 20.9. The molecule has 0 amide bonds. The van der Waals surface area contributed by atoms with Crippen LogP contribution in [0, 0.1) is 5.92 Å². The number of hydrogen-bond donors (Lipinski definition) is 3. The minimum atomic E-state index is -1.05. The molecular weight excluding hydrogens is 200 g/mol. The normalized spacial score (nSPS) is 15.8. The highest BCUT2D eigenvalue weighted by atomic mass is 16.4. The van der Waals surface area contributed by atoms with E-state index in [1.807, 2.05) is 0 Å². The predicted octanol–water partition coefficient (Wildman–Crippen LogP) is 0.879. The van der Waals surface area contributed by atoms with Gasteiger partial charge in [-0.1, -0.05) is 6.08 Å².